The minimum atomic E-state index is 0.495. The fraction of sp³-hybridized carbons (Fsp3) is 0.476. The molecule has 0 radical (unpaired) electrons. The normalized spacial score (nSPS) is 20.1. The van der Waals surface area contributed by atoms with Crippen molar-refractivity contribution in [2.45, 2.75) is 51.5 Å². The zero-order chi connectivity index (χ0) is 17.6. The van der Waals surface area contributed by atoms with Gasteiger partial charge in [-0.1, -0.05) is 12.1 Å². The second-order valence-corrected chi connectivity index (χ2v) is 6.67. The number of methoxy groups -OCH3 is 1. The topological polar surface area (TPSA) is 43.4 Å². The fourth-order valence-corrected chi connectivity index (χ4v) is 3.72. The van der Waals surface area contributed by atoms with E-state index in [0.717, 1.165) is 22.9 Å². The van der Waals surface area contributed by atoms with E-state index in [9.17, 15) is 0 Å². The van der Waals surface area contributed by atoms with Crippen LogP contribution in [0.1, 0.15) is 49.8 Å². The van der Waals surface area contributed by atoms with Crippen molar-refractivity contribution in [3.63, 3.8) is 0 Å². The molecule has 1 N–H and O–H groups in total. The Hall–Kier alpha value is -2.23. The molecule has 25 heavy (non-hydrogen) atoms. The first kappa shape index (κ1) is 17.6. The molecule has 0 saturated heterocycles. The van der Waals surface area contributed by atoms with E-state index < -0.39 is 0 Å². The highest BCUT2D eigenvalue weighted by molar-refractivity contribution is 5.58. The summed E-state index contributed by atoms with van der Waals surface area (Å²) in [7, 11) is 1.71. The van der Waals surface area contributed by atoms with Gasteiger partial charge in [0.15, 0.2) is 5.75 Å². The summed E-state index contributed by atoms with van der Waals surface area (Å²) >= 11 is 0. The Morgan fingerprint density at radius 2 is 1.80 bits per heavy atom. The summed E-state index contributed by atoms with van der Waals surface area (Å²) in [5, 5.41) is 3.65. The van der Waals surface area contributed by atoms with E-state index in [-0.39, 0.29) is 0 Å². The van der Waals surface area contributed by atoms with Crippen LogP contribution < -0.4 is 14.8 Å². The molecule has 0 atom stereocenters. The van der Waals surface area contributed by atoms with Gasteiger partial charge in [0, 0.05) is 12.2 Å². The van der Waals surface area contributed by atoms with E-state index >= 15 is 0 Å². The van der Waals surface area contributed by atoms with Gasteiger partial charge < -0.3 is 14.8 Å². The monoisotopic (exact) mass is 340 g/mol. The second-order valence-electron chi connectivity index (χ2n) is 6.67. The molecule has 4 nitrogen and oxygen atoms in total. The van der Waals surface area contributed by atoms with E-state index in [1.807, 2.05) is 26.1 Å². The van der Waals surface area contributed by atoms with Gasteiger partial charge in [-0.25, -0.2) is 0 Å². The number of anilines is 1. The molecular formula is C21H28N2O2. The SMILES string of the molecule is CCOc1ccc([C@H]2CC[C@@H](Nc3ccnc(C)c3OC)CC2)cc1. The molecule has 1 aliphatic rings. The van der Waals surface area contributed by atoms with Crippen LogP contribution in [-0.4, -0.2) is 24.7 Å². The highest BCUT2D eigenvalue weighted by Gasteiger charge is 2.23. The van der Waals surface area contributed by atoms with Crippen molar-refractivity contribution < 1.29 is 9.47 Å². The first-order valence-electron chi connectivity index (χ1n) is 9.20. The second kappa shape index (κ2) is 8.24. The van der Waals surface area contributed by atoms with Crippen molar-refractivity contribution in [2.24, 2.45) is 0 Å². The van der Waals surface area contributed by atoms with Gasteiger partial charge in [-0.15, -0.1) is 0 Å². The average Bonchev–Trinajstić information content (AvgIpc) is 2.64. The Kier molecular flexibility index (Phi) is 5.79. The lowest BCUT2D eigenvalue weighted by atomic mass is 9.81. The number of rotatable bonds is 6. The van der Waals surface area contributed by atoms with E-state index in [0.29, 0.717) is 18.6 Å². The molecule has 0 unspecified atom stereocenters. The first-order chi connectivity index (χ1) is 12.2. The van der Waals surface area contributed by atoms with Crippen molar-refractivity contribution in [1.29, 1.82) is 0 Å². The largest absolute Gasteiger partial charge is 0.494 e. The zero-order valence-electron chi connectivity index (χ0n) is 15.4. The quantitative estimate of drug-likeness (QED) is 0.809. The number of nitrogens with one attached hydrogen (secondary N) is 1. The van der Waals surface area contributed by atoms with Gasteiger partial charge >= 0.3 is 0 Å². The maximum atomic E-state index is 5.54. The number of hydrogen-bond donors (Lipinski definition) is 1. The molecule has 0 spiro atoms. The number of benzene rings is 1. The Balaban J connectivity index is 1.58. The van der Waals surface area contributed by atoms with E-state index in [1.54, 1.807) is 7.11 Å². The molecule has 2 aromatic rings. The minimum Gasteiger partial charge on any atom is -0.494 e. The van der Waals surface area contributed by atoms with Crippen molar-refractivity contribution in [3.05, 3.63) is 47.8 Å². The van der Waals surface area contributed by atoms with Crippen LogP contribution in [0.3, 0.4) is 0 Å². The maximum Gasteiger partial charge on any atom is 0.163 e. The number of ether oxygens (including phenoxy) is 2. The lowest BCUT2D eigenvalue weighted by molar-refractivity contribution is 0.340. The number of nitrogens with zero attached hydrogens (tertiary/aromatic N) is 1. The van der Waals surface area contributed by atoms with Gasteiger partial charge in [0.2, 0.25) is 0 Å². The average molecular weight is 340 g/mol. The van der Waals surface area contributed by atoms with Crippen molar-refractivity contribution >= 4 is 5.69 Å². The molecular weight excluding hydrogens is 312 g/mol. The van der Waals surface area contributed by atoms with E-state index in [2.05, 4.69) is 34.6 Å². The number of pyridine rings is 1. The van der Waals surface area contributed by atoms with Gasteiger partial charge in [0.25, 0.3) is 0 Å². The molecule has 1 fully saturated rings. The van der Waals surface area contributed by atoms with Crippen LogP contribution in [0.2, 0.25) is 0 Å². The highest BCUT2D eigenvalue weighted by Crippen LogP contribution is 2.36. The predicted octanol–water partition coefficient (Wildman–Crippen LogP) is 4.94. The molecule has 1 aromatic heterocycles. The lowest BCUT2D eigenvalue weighted by Gasteiger charge is -2.30. The van der Waals surface area contributed by atoms with Gasteiger partial charge in [0.1, 0.15) is 5.75 Å². The van der Waals surface area contributed by atoms with Gasteiger partial charge in [-0.05, 0) is 69.2 Å². The summed E-state index contributed by atoms with van der Waals surface area (Å²) < 4.78 is 11.0. The summed E-state index contributed by atoms with van der Waals surface area (Å²) in [5.74, 6) is 2.47. The fourth-order valence-electron chi connectivity index (χ4n) is 3.72. The molecule has 134 valence electrons. The Bertz CT molecular complexity index is 677. The summed E-state index contributed by atoms with van der Waals surface area (Å²) in [6.45, 7) is 4.71. The number of hydrogen-bond acceptors (Lipinski definition) is 4. The van der Waals surface area contributed by atoms with Crippen LogP contribution in [0.4, 0.5) is 5.69 Å². The molecule has 3 rings (SSSR count). The Labute approximate surface area is 150 Å². The first-order valence-corrected chi connectivity index (χ1v) is 9.20. The van der Waals surface area contributed by atoms with Gasteiger partial charge in [-0.3, -0.25) is 4.98 Å². The zero-order valence-corrected chi connectivity index (χ0v) is 15.4. The Morgan fingerprint density at radius 1 is 1.08 bits per heavy atom. The number of aryl methyl sites for hydroxylation is 1. The third-order valence-corrected chi connectivity index (χ3v) is 5.04. The van der Waals surface area contributed by atoms with E-state index in [1.165, 1.54) is 31.2 Å². The van der Waals surface area contributed by atoms with E-state index in [4.69, 9.17) is 9.47 Å². The summed E-state index contributed by atoms with van der Waals surface area (Å²) in [6.07, 6.45) is 6.59. The molecule has 0 bridgehead atoms. The lowest BCUT2D eigenvalue weighted by Crippen LogP contribution is -2.25. The van der Waals surface area contributed by atoms with Crippen molar-refractivity contribution in [2.75, 3.05) is 19.0 Å². The molecule has 1 aromatic carbocycles. The van der Waals surface area contributed by atoms with Crippen LogP contribution in [0.15, 0.2) is 36.5 Å². The van der Waals surface area contributed by atoms with Crippen LogP contribution >= 0.6 is 0 Å². The summed E-state index contributed by atoms with van der Waals surface area (Å²) in [5.41, 5.74) is 3.41. The van der Waals surface area contributed by atoms with Crippen LogP contribution in [0.25, 0.3) is 0 Å². The Morgan fingerprint density at radius 3 is 2.44 bits per heavy atom. The van der Waals surface area contributed by atoms with Gasteiger partial charge in [0.05, 0.1) is 25.1 Å². The van der Waals surface area contributed by atoms with Crippen LogP contribution in [0.5, 0.6) is 11.5 Å². The molecule has 0 amide bonds. The smallest absolute Gasteiger partial charge is 0.163 e. The standard InChI is InChI=1S/C21H28N2O2/c1-4-25-19-11-7-17(8-12-19)16-5-9-18(10-6-16)23-20-13-14-22-15(2)21(20)24-3/h7-8,11-14,16,18H,4-6,9-10H2,1-3H3,(H,22,23)/t16-,18+. The number of aromatic nitrogens is 1. The molecule has 4 heteroatoms. The van der Waals surface area contributed by atoms with Crippen molar-refractivity contribution in [3.8, 4) is 11.5 Å². The highest BCUT2D eigenvalue weighted by atomic mass is 16.5. The summed E-state index contributed by atoms with van der Waals surface area (Å²) in [4.78, 5) is 4.30. The minimum absolute atomic E-state index is 0.495. The molecule has 1 heterocycles. The van der Waals surface area contributed by atoms with Crippen LogP contribution in [-0.2, 0) is 0 Å². The van der Waals surface area contributed by atoms with Crippen LogP contribution in [0, 0.1) is 6.92 Å². The van der Waals surface area contributed by atoms with Gasteiger partial charge in [-0.2, -0.15) is 0 Å². The predicted molar refractivity (Wildman–Crippen MR) is 102 cm³/mol. The maximum absolute atomic E-state index is 5.54. The molecule has 1 aliphatic carbocycles. The summed E-state index contributed by atoms with van der Waals surface area (Å²) in [6, 6.07) is 11.1. The molecule has 1 saturated carbocycles. The molecule has 0 aliphatic heterocycles. The third-order valence-electron chi connectivity index (χ3n) is 5.04. The van der Waals surface area contributed by atoms with Crippen molar-refractivity contribution in [1.82, 2.24) is 4.98 Å². The third kappa shape index (κ3) is 4.25.